The Hall–Kier alpha value is -2.61. The average molecular weight is 287 g/mol. The molecule has 3 aromatic carbocycles. The van der Waals surface area contributed by atoms with Gasteiger partial charge < -0.3 is 5.73 Å². The van der Waals surface area contributed by atoms with E-state index in [0.717, 1.165) is 18.4 Å². The molecule has 0 spiro atoms. The molecule has 1 fully saturated rings. The largest absolute Gasteiger partial charge is 0.366 e. The summed E-state index contributed by atoms with van der Waals surface area (Å²) in [6.07, 6.45) is 2.12. The molecule has 0 radical (unpaired) electrons. The first-order chi connectivity index (χ1) is 10.7. The molecule has 1 aliphatic carbocycles. The number of carbonyl (C=O) groups is 1. The highest BCUT2D eigenvalue weighted by Crippen LogP contribution is 2.55. The van der Waals surface area contributed by atoms with Crippen molar-refractivity contribution in [1.29, 1.82) is 0 Å². The SMILES string of the molecule is NC(=O)c1ccccc1C1(c2cccc3ccccc23)CC1. The van der Waals surface area contributed by atoms with E-state index < -0.39 is 0 Å². The molecule has 22 heavy (non-hydrogen) atoms. The van der Waals surface area contributed by atoms with E-state index in [-0.39, 0.29) is 11.3 Å². The van der Waals surface area contributed by atoms with E-state index in [1.165, 1.54) is 16.3 Å². The molecule has 1 aliphatic rings. The molecule has 2 nitrogen and oxygen atoms in total. The van der Waals surface area contributed by atoms with Gasteiger partial charge in [-0.2, -0.15) is 0 Å². The standard InChI is InChI=1S/C20H17NO/c21-19(22)16-9-3-4-10-18(16)20(12-13-20)17-11-5-7-14-6-1-2-8-15(14)17/h1-11H,12-13H2,(H2,21,22). The molecule has 0 bridgehead atoms. The molecule has 1 amide bonds. The van der Waals surface area contributed by atoms with E-state index in [9.17, 15) is 4.79 Å². The van der Waals surface area contributed by atoms with Gasteiger partial charge in [-0.25, -0.2) is 0 Å². The fraction of sp³-hybridized carbons (Fsp3) is 0.150. The van der Waals surface area contributed by atoms with Crippen LogP contribution in [0, 0.1) is 0 Å². The second kappa shape index (κ2) is 4.70. The molecular weight excluding hydrogens is 270 g/mol. The predicted octanol–water partition coefficient (Wildman–Crippen LogP) is 4.02. The Kier molecular flexibility index (Phi) is 2.80. The highest BCUT2D eigenvalue weighted by atomic mass is 16.1. The molecule has 0 saturated heterocycles. The molecule has 108 valence electrons. The average Bonchev–Trinajstić information content (AvgIpc) is 3.36. The predicted molar refractivity (Wildman–Crippen MR) is 88.9 cm³/mol. The van der Waals surface area contributed by atoms with Crippen LogP contribution >= 0.6 is 0 Å². The topological polar surface area (TPSA) is 43.1 Å². The van der Waals surface area contributed by atoms with Gasteiger partial charge in [-0.15, -0.1) is 0 Å². The first kappa shape index (κ1) is 13.1. The number of primary amides is 1. The van der Waals surface area contributed by atoms with E-state index in [0.29, 0.717) is 5.56 Å². The van der Waals surface area contributed by atoms with Crippen molar-refractivity contribution < 1.29 is 4.79 Å². The molecular formula is C20H17NO. The van der Waals surface area contributed by atoms with Gasteiger partial charge in [0.05, 0.1) is 0 Å². The van der Waals surface area contributed by atoms with Crippen molar-refractivity contribution in [2.75, 3.05) is 0 Å². The maximum atomic E-state index is 11.8. The number of rotatable bonds is 3. The van der Waals surface area contributed by atoms with Crippen LogP contribution in [0.5, 0.6) is 0 Å². The fourth-order valence-electron chi connectivity index (χ4n) is 3.57. The summed E-state index contributed by atoms with van der Waals surface area (Å²) >= 11 is 0. The van der Waals surface area contributed by atoms with E-state index in [1.54, 1.807) is 0 Å². The molecule has 0 aromatic heterocycles. The molecule has 0 aliphatic heterocycles. The summed E-state index contributed by atoms with van der Waals surface area (Å²) < 4.78 is 0. The summed E-state index contributed by atoms with van der Waals surface area (Å²) in [7, 11) is 0. The highest BCUT2D eigenvalue weighted by molar-refractivity contribution is 5.96. The Morgan fingerprint density at radius 3 is 2.23 bits per heavy atom. The van der Waals surface area contributed by atoms with Crippen molar-refractivity contribution >= 4 is 16.7 Å². The summed E-state index contributed by atoms with van der Waals surface area (Å²) in [6, 6.07) is 22.6. The van der Waals surface area contributed by atoms with Crippen LogP contribution in [0.1, 0.15) is 34.3 Å². The third-order valence-electron chi connectivity index (χ3n) is 4.76. The van der Waals surface area contributed by atoms with Gasteiger partial charge in [0.25, 0.3) is 0 Å². The van der Waals surface area contributed by atoms with Crippen LogP contribution in [-0.2, 0) is 5.41 Å². The second-order valence-electron chi connectivity index (χ2n) is 6.02. The summed E-state index contributed by atoms with van der Waals surface area (Å²) in [5.41, 5.74) is 8.55. The minimum Gasteiger partial charge on any atom is -0.366 e. The van der Waals surface area contributed by atoms with Gasteiger partial charge in [-0.1, -0.05) is 60.7 Å². The highest BCUT2D eigenvalue weighted by Gasteiger charge is 2.48. The summed E-state index contributed by atoms with van der Waals surface area (Å²) in [4.78, 5) is 11.8. The summed E-state index contributed by atoms with van der Waals surface area (Å²) in [6.45, 7) is 0. The van der Waals surface area contributed by atoms with Gasteiger partial charge in [0.15, 0.2) is 0 Å². The molecule has 0 unspecified atom stereocenters. The van der Waals surface area contributed by atoms with Gasteiger partial charge in [-0.05, 0) is 40.8 Å². The van der Waals surface area contributed by atoms with Crippen LogP contribution in [-0.4, -0.2) is 5.91 Å². The van der Waals surface area contributed by atoms with Gasteiger partial charge in [0, 0.05) is 11.0 Å². The molecule has 0 atom stereocenters. The van der Waals surface area contributed by atoms with Gasteiger partial charge in [0.2, 0.25) is 5.91 Å². The van der Waals surface area contributed by atoms with E-state index in [2.05, 4.69) is 48.5 Å². The van der Waals surface area contributed by atoms with E-state index in [4.69, 9.17) is 5.73 Å². The molecule has 2 heteroatoms. The second-order valence-corrected chi connectivity index (χ2v) is 6.02. The Balaban J connectivity index is 1.97. The quantitative estimate of drug-likeness (QED) is 0.777. The molecule has 1 saturated carbocycles. The fourth-order valence-corrected chi connectivity index (χ4v) is 3.57. The Morgan fingerprint density at radius 2 is 1.45 bits per heavy atom. The van der Waals surface area contributed by atoms with Crippen molar-refractivity contribution in [3.63, 3.8) is 0 Å². The van der Waals surface area contributed by atoms with Crippen molar-refractivity contribution in [1.82, 2.24) is 0 Å². The molecule has 0 heterocycles. The lowest BCUT2D eigenvalue weighted by Gasteiger charge is -2.21. The van der Waals surface area contributed by atoms with Crippen LogP contribution in [0.25, 0.3) is 10.8 Å². The number of hydrogen-bond acceptors (Lipinski definition) is 1. The minimum absolute atomic E-state index is 0.0630. The Bertz CT molecular complexity index is 872. The Labute approximate surface area is 129 Å². The number of amides is 1. The van der Waals surface area contributed by atoms with Crippen LogP contribution in [0.3, 0.4) is 0 Å². The van der Waals surface area contributed by atoms with Crippen molar-refractivity contribution in [3.8, 4) is 0 Å². The number of carbonyl (C=O) groups excluding carboxylic acids is 1. The number of benzene rings is 3. The molecule has 3 aromatic rings. The minimum atomic E-state index is -0.345. The van der Waals surface area contributed by atoms with Gasteiger partial charge >= 0.3 is 0 Å². The molecule has 2 N–H and O–H groups in total. The summed E-state index contributed by atoms with van der Waals surface area (Å²) in [5, 5.41) is 2.50. The lowest BCUT2D eigenvalue weighted by atomic mass is 9.82. The Morgan fingerprint density at radius 1 is 0.818 bits per heavy atom. The monoisotopic (exact) mass is 287 g/mol. The van der Waals surface area contributed by atoms with Crippen LogP contribution in [0.4, 0.5) is 0 Å². The van der Waals surface area contributed by atoms with Crippen LogP contribution < -0.4 is 5.73 Å². The lowest BCUT2D eigenvalue weighted by Crippen LogP contribution is -2.19. The summed E-state index contributed by atoms with van der Waals surface area (Å²) in [5.74, 6) is -0.345. The zero-order valence-electron chi connectivity index (χ0n) is 12.3. The number of nitrogens with two attached hydrogens (primary N) is 1. The maximum absolute atomic E-state index is 11.8. The van der Waals surface area contributed by atoms with Crippen molar-refractivity contribution in [2.24, 2.45) is 5.73 Å². The lowest BCUT2D eigenvalue weighted by molar-refractivity contribution is 0.0999. The normalized spacial score (nSPS) is 15.6. The molecule has 4 rings (SSSR count). The number of fused-ring (bicyclic) bond motifs is 1. The first-order valence-corrected chi connectivity index (χ1v) is 7.60. The zero-order valence-corrected chi connectivity index (χ0v) is 12.3. The zero-order chi connectivity index (χ0) is 15.2. The third kappa shape index (κ3) is 1.84. The number of hydrogen-bond donors (Lipinski definition) is 1. The van der Waals surface area contributed by atoms with E-state index in [1.807, 2.05) is 18.2 Å². The first-order valence-electron chi connectivity index (χ1n) is 7.60. The van der Waals surface area contributed by atoms with E-state index >= 15 is 0 Å². The van der Waals surface area contributed by atoms with Crippen molar-refractivity contribution in [2.45, 2.75) is 18.3 Å². The maximum Gasteiger partial charge on any atom is 0.249 e. The van der Waals surface area contributed by atoms with Crippen LogP contribution in [0.2, 0.25) is 0 Å². The smallest absolute Gasteiger partial charge is 0.249 e. The third-order valence-corrected chi connectivity index (χ3v) is 4.76. The van der Waals surface area contributed by atoms with Gasteiger partial charge in [0.1, 0.15) is 0 Å². The van der Waals surface area contributed by atoms with Crippen LogP contribution in [0.15, 0.2) is 66.7 Å². The van der Waals surface area contributed by atoms with Gasteiger partial charge in [-0.3, -0.25) is 4.79 Å². The van der Waals surface area contributed by atoms with Crippen molar-refractivity contribution in [3.05, 3.63) is 83.4 Å².